The van der Waals surface area contributed by atoms with Crippen molar-refractivity contribution in [3.63, 3.8) is 0 Å². The normalized spacial score (nSPS) is 5.83. The Hall–Kier alpha value is 2.07. The van der Waals surface area contributed by atoms with E-state index in [0.717, 1.165) is 0 Å². The Balaban J connectivity index is -0.0000000450. The van der Waals surface area contributed by atoms with Crippen molar-refractivity contribution in [1.29, 1.82) is 0 Å². The molecule has 0 aromatic carbocycles. The van der Waals surface area contributed by atoms with Crippen molar-refractivity contribution >= 4 is 70.5 Å². The summed E-state index contributed by atoms with van der Waals surface area (Å²) in [4.78, 5) is 0. The second-order valence-corrected chi connectivity index (χ2v) is 0.692. The van der Waals surface area contributed by atoms with Crippen LogP contribution >= 0.6 is 0 Å². The standard InChI is InChI=1S/2Na.H2O3S.2H/c;;1-4(2)3;;/h;;(H2,1,2,3);;. The zero-order valence-corrected chi connectivity index (χ0v) is 2.53. The van der Waals surface area contributed by atoms with Crippen molar-refractivity contribution in [3.8, 4) is 0 Å². The second kappa shape index (κ2) is 10.1. The molecule has 2 N–H and O–H groups in total. The molecule has 6 heteroatoms. The van der Waals surface area contributed by atoms with Crippen LogP contribution in [-0.2, 0) is 11.4 Å². The van der Waals surface area contributed by atoms with Gasteiger partial charge in [0.1, 0.15) is 0 Å². The molecule has 30 valence electrons. The Morgan fingerprint density at radius 2 is 1.17 bits per heavy atom. The first kappa shape index (κ1) is 15.7. The van der Waals surface area contributed by atoms with Crippen molar-refractivity contribution in [2.24, 2.45) is 0 Å². The molecular weight excluding hydrogens is 126 g/mol. The van der Waals surface area contributed by atoms with Gasteiger partial charge in [-0.2, -0.15) is 4.21 Å². The molecule has 0 amide bonds. The maximum absolute atomic E-state index is 8.67. The molecule has 0 spiro atoms. The molecule has 0 unspecified atom stereocenters. The summed E-state index contributed by atoms with van der Waals surface area (Å²) < 4.78 is 22.8. The summed E-state index contributed by atoms with van der Waals surface area (Å²) in [7, 11) is 0. The summed E-state index contributed by atoms with van der Waals surface area (Å²) in [6, 6.07) is 0. The van der Waals surface area contributed by atoms with E-state index >= 15 is 0 Å². The molecule has 0 aliphatic heterocycles. The van der Waals surface area contributed by atoms with Crippen molar-refractivity contribution in [2.45, 2.75) is 0 Å². The van der Waals surface area contributed by atoms with E-state index in [1.807, 2.05) is 0 Å². The molecule has 0 saturated heterocycles. The van der Waals surface area contributed by atoms with Crippen molar-refractivity contribution in [1.82, 2.24) is 0 Å². The first-order valence-corrected chi connectivity index (χ1v) is 1.60. The van der Waals surface area contributed by atoms with E-state index in [9.17, 15) is 0 Å². The van der Waals surface area contributed by atoms with Crippen molar-refractivity contribution < 1.29 is 13.3 Å². The topological polar surface area (TPSA) is 57.5 Å². The Labute approximate surface area is 82.6 Å². The van der Waals surface area contributed by atoms with Crippen molar-refractivity contribution in [3.05, 3.63) is 0 Å². The first-order valence-electron chi connectivity index (χ1n) is 0.532. The number of hydrogen-bond acceptors (Lipinski definition) is 1. The van der Waals surface area contributed by atoms with Gasteiger partial charge in [-0.3, -0.25) is 9.11 Å². The summed E-state index contributed by atoms with van der Waals surface area (Å²) in [6.07, 6.45) is 0. The molecule has 0 aromatic rings. The summed E-state index contributed by atoms with van der Waals surface area (Å²) in [5.41, 5.74) is 0. The van der Waals surface area contributed by atoms with E-state index in [1.54, 1.807) is 0 Å². The minimum atomic E-state index is -2.61. The fourth-order valence-corrected chi connectivity index (χ4v) is 0. The average molecular weight is 130 g/mol. The quantitative estimate of drug-likeness (QED) is 0.306. The fourth-order valence-electron chi connectivity index (χ4n) is 0. The van der Waals surface area contributed by atoms with E-state index in [4.69, 9.17) is 13.3 Å². The summed E-state index contributed by atoms with van der Waals surface area (Å²) >= 11 is -2.61. The number of hydrogen-bond donors (Lipinski definition) is 2. The maximum atomic E-state index is 8.67. The van der Waals surface area contributed by atoms with E-state index < -0.39 is 11.4 Å². The molecule has 0 bridgehead atoms. The third-order valence-electron chi connectivity index (χ3n) is 0. The molecular formula is H4Na2O3S. The Bertz CT molecular complexity index is 31.8. The summed E-state index contributed by atoms with van der Waals surface area (Å²) in [5, 5.41) is 0. The second-order valence-electron chi connectivity index (χ2n) is 0.231. The van der Waals surface area contributed by atoms with E-state index in [-0.39, 0.29) is 59.1 Å². The molecule has 0 aromatic heterocycles. The Morgan fingerprint density at radius 1 is 1.17 bits per heavy atom. The fraction of sp³-hybridized carbons (Fsp3) is 0. The van der Waals surface area contributed by atoms with Gasteiger partial charge in [-0.05, 0) is 0 Å². The molecule has 0 aliphatic carbocycles. The van der Waals surface area contributed by atoms with Crippen LogP contribution in [0.25, 0.3) is 0 Å². The third-order valence-corrected chi connectivity index (χ3v) is 0. The predicted molar refractivity (Wildman–Crippen MR) is 27.7 cm³/mol. The van der Waals surface area contributed by atoms with Gasteiger partial charge in [0.25, 0.3) is 11.4 Å². The van der Waals surface area contributed by atoms with Crippen LogP contribution in [0.1, 0.15) is 0 Å². The number of rotatable bonds is 0. The third kappa shape index (κ3) is 36.4. The Kier molecular flexibility index (Phi) is 26.5. The molecule has 6 heavy (non-hydrogen) atoms. The van der Waals surface area contributed by atoms with Gasteiger partial charge in [-0.1, -0.05) is 0 Å². The SMILES string of the molecule is O=S(O)O.[NaH].[NaH]. The average Bonchev–Trinajstić information content (AvgIpc) is 0.811. The first-order chi connectivity index (χ1) is 1.73. The van der Waals surface area contributed by atoms with E-state index in [1.165, 1.54) is 0 Å². The van der Waals surface area contributed by atoms with E-state index in [2.05, 4.69) is 0 Å². The van der Waals surface area contributed by atoms with Gasteiger partial charge in [0.2, 0.25) is 0 Å². The monoisotopic (exact) mass is 130 g/mol. The molecule has 0 aliphatic rings. The van der Waals surface area contributed by atoms with Gasteiger partial charge in [0.15, 0.2) is 0 Å². The molecule has 0 rings (SSSR count). The zero-order chi connectivity index (χ0) is 3.58. The van der Waals surface area contributed by atoms with Gasteiger partial charge >= 0.3 is 59.1 Å². The summed E-state index contributed by atoms with van der Waals surface area (Å²) in [5.74, 6) is 0. The zero-order valence-electron chi connectivity index (χ0n) is 1.71. The van der Waals surface area contributed by atoms with Gasteiger partial charge < -0.3 is 0 Å². The molecule has 0 saturated carbocycles. The van der Waals surface area contributed by atoms with Crippen LogP contribution < -0.4 is 0 Å². The van der Waals surface area contributed by atoms with Crippen LogP contribution in [0.15, 0.2) is 0 Å². The van der Waals surface area contributed by atoms with E-state index in [0.29, 0.717) is 0 Å². The van der Waals surface area contributed by atoms with Crippen molar-refractivity contribution in [2.75, 3.05) is 0 Å². The van der Waals surface area contributed by atoms with Gasteiger partial charge in [0, 0.05) is 0 Å². The van der Waals surface area contributed by atoms with Crippen LogP contribution in [0.3, 0.4) is 0 Å². The van der Waals surface area contributed by atoms with Gasteiger partial charge in [-0.15, -0.1) is 0 Å². The van der Waals surface area contributed by atoms with Crippen LogP contribution in [0.4, 0.5) is 0 Å². The molecule has 0 fully saturated rings. The van der Waals surface area contributed by atoms with Gasteiger partial charge in [-0.25, -0.2) is 0 Å². The summed E-state index contributed by atoms with van der Waals surface area (Å²) in [6.45, 7) is 0. The Morgan fingerprint density at radius 3 is 1.17 bits per heavy atom. The molecule has 3 nitrogen and oxygen atoms in total. The van der Waals surface area contributed by atoms with Crippen LogP contribution in [0.2, 0.25) is 0 Å². The van der Waals surface area contributed by atoms with Crippen LogP contribution in [-0.4, -0.2) is 72.4 Å². The van der Waals surface area contributed by atoms with Crippen LogP contribution in [0.5, 0.6) is 0 Å². The predicted octanol–water partition coefficient (Wildman–Crippen LogP) is -1.62. The molecule has 0 radical (unpaired) electrons. The molecule has 0 heterocycles. The van der Waals surface area contributed by atoms with Gasteiger partial charge in [0.05, 0.1) is 0 Å². The molecule has 0 atom stereocenters. The van der Waals surface area contributed by atoms with Crippen LogP contribution in [0, 0.1) is 0 Å². The minimum absolute atomic E-state index is 0.